The fraction of sp³-hybridized carbons (Fsp3) is 0.468. The lowest BCUT2D eigenvalue weighted by molar-refractivity contribution is -0.151. The van der Waals surface area contributed by atoms with Gasteiger partial charge in [0.2, 0.25) is 21.8 Å². The Kier molecular flexibility index (Phi) is 15.5. The number of carbonyl (C=O) groups excluding carboxylic acids is 3. The number of alkyl halides is 8. The summed E-state index contributed by atoms with van der Waals surface area (Å²) < 4.78 is 200. The van der Waals surface area contributed by atoms with E-state index in [1.54, 1.807) is 0 Å². The van der Waals surface area contributed by atoms with Crippen LogP contribution in [0.5, 0.6) is 0 Å². The van der Waals surface area contributed by atoms with E-state index < -0.39 is 172 Å². The van der Waals surface area contributed by atoms with Crippen molar-refractivity contribution in [3.63, 3.8) is 0 Å². The van der Waals surface area contributed by atoms with E-state index in [0.717, 1.165) is 44.4 Å². The second-order valence-electron chi connectivity index (χ2n) is 19.8. The molecule has 1 saturated carbocycles. The van der Waals surface area contributed by atoms with Crippen molar-refractivity contribution >= 4 is 71.9 Å². The highest BCUT2D eigenvalue weighted by Gasteiger charge is 2.57. The van der Waals surface area contributed by atoms with Gasteiger partial charge in [-0.1, -0.05) is 37.6 Å². The third-order valence-corrected chi connectivity index (χ3v) is 17.4. The zero-order valence-electron chi connectivity index (χ0n) is 41.2. The molecule has 17 nitrogen and oxygen atoms in total. The van der Waals surface area contributed by atoms with Crippen LogP contribution in [0, 0.1) is 23.5 Å². The van der Waals surface area contributed by atoms with Crippen LogP contribution >= 0.6 is 11.6 Å². The molecule has 77 heavy (non-hydrogen) atoms. The van der Waals surface area contributed by atoms with Crippen molar-refractivity contribution < 1.29 is 85.0 Å². The molecule has 2 aliphatic carbocycles. The molecule has 3 heterocycles. The molecule has 2 aliphatic rings. The fourth-order valence-electron chi connectivity index (χ4n) is 9.36. The normalized spacial score (nSPS) is 19.1. The van der Waals surface area contributed by atoms with Crippen molar-refractivity contribution in [1.29, 1.82) is 0 Å². The maximum Gasteiger partial charge on any atom is 0.435 e. The van der Waals surface area contributed by atoms with Gasteiger partial charge >= 0.3 is 24.2 Å². The highest BCUT2D eigenvalue weighted by molar-refractivity contribution is 7.93. The molecule has 0 radical (unpaired) electrons. The summed E-state index contributed by atoms with van der Waals surface area (Å²) >= 11 is 6.69. The third-order valence-electron chi connectivity index (χ3n) is 13.8. The van der Waals surface area contributed by atoms with Crippen molar-refractivity contribution in [2.45, 2.75) is 114 Å². The number of nitrogens with zero attached hydrogens (tertiary/aromatic N) is 6. The molecule has 0 aliphatic heterocycles. The number of sulfone groups is 1. The minimum Gasteiger partial charge on any atom is -0.474 e. The molecular weight excluding hydrogens is 1110 g/mol. The zero-order chi connectivity index (χ0) is 57.4. The first-order valence-corrected chi connectivity index (χ1v) is 27.3. The number of rotatable bonds is 16. The molecule has 30 heteroatoms. The number of aryl methyl sites for hydroxylation is 1. The highest BCUT2D eigenvalue weighted by Crippen LogP contribution is 2.55. The Bertz CT molecular complexity index is 3430. The van der Waals surface area contributed by atoms with Crippen LogP contribution in [0.25, 0.3) is 22.0 Å². The number of carboxylic acid groups (broad SMARTS) is 1. The topological polar surface area (TPSA) is 233 Å². The lowest BCUT2D eigenvalue weighted by atomic mass is 9.79. The number of halogens is 11. The molecule has 7 rings (SSSR count). The number of fused-ring (bicyclic) bond motifs is 2. The number of carbonyl (C=O) groups is 4. The Labute approximate surface area is 437 Å². The molecule has 0 bridgehead atoms. The number of benzene rings is 2. The Morgan fingerprint density at radius 1 is 0.909 bits per heavy atom. The summed E-state index contributed by atoms with van der Waals surface area (Å²) in [6.07, 6.45) is -10.6. The van der Waals surface area contributed by atoms with Crippen LogP contribution in [0.2, 0.25) is 5.02 Å². The smallest absolute Gasteiger partial charge is 0.435 e. The number of aliphatic carboxylic acids is 1. The Morgan fingerprint density at radius 3 is 2.08 bits per heavy atom. The molecule has 5 aromatic rings. The molecule has 0 saturated heterocycles. The van der Waals surface area contributed by atoms with E-state index in [-0.39, 0.29) is 61.7 Å². The SMILES string of the molecule is C[C@@H]1c2c(C(F)(F)F)nn(CC(=O)N[C@@H](Cc3cc(F)cc(F)c3)c3nc(CCC(C)(C)S(C)(=O)=O)ccc3-c3ccc(Cl)c4c(N(C(=O)[C@H]5C[C@H](NC(=O)C(=O)O)C5)S(C)(=O)=O)nn(CC(F)(F)F)c34)c2C(F)(F)[C@@H]1C. The molecule has 3 N–H and O–H groups in total. The summed E-state index contributed by atoms with van der Waals surface area (Å²) in [4.78, 5) is 56.0. The molecular formula is C47H47ClF10N8O9S2. The van der Waals surface area contributed by atoms with E-state index in [1.807, 2.05) is 0 Å². The first kappa shape index (κ1) is 58.3. The molecule has 3 amide bonds. The van der Waals surface area contributed by atoms with Gasteiger partial charge in [-0.25, -0.2) is 30.4 Å². The lowest BCUT2D eigenvalue weighted by Gasteiger charge is -2.36. The number of amides is 3. The van der Waals surface area contributed by atoms with E-state index in [4.69, 9.17) is 21.7 Å². The first-order chi connectivity index (χ1) is 35.3. The second kappa shape index (κ2) is 20.5. The van der Waals surface area contributed by atoms with Crippen LogP contribution in [0.3, 0.4) is 0 Å². The quantitative estimate of drug-likeness (QED) is 0.0635. The van der Waals surface area contributed by atoms with Gasteiger partial charge in [-0.15, -0.1) is 0 Å². The minimum absolute atomic E-state index is 0.0226. The largest absolute Gasteiger partial charge is 0.474 e. The molecule has 0 spiro atoms. The van der Waals surface area contributed by atoms with Crippen molar-refractivity contribution in [2.24, 2.45) is 11.8 Å². The molecule has 0 unspecified atom stereocenters. The summed E-state index contributed by atoms with van der Waals surface area (Å²) in [6, 6.07) is 4.09. The summed E-state index contributed by atoms with van der Waals surface area (Å²) in [6.45, 7) is 1.59. The second-order valence-corrected chi connectivity index (χ2v) is 24.6. The highest BCUT2D eigenvalue weighted by atomic mass is 35.5. The van der Waals surface area contributed by atoms with Gasteiger partial charge in [0.25, 0.3) is 5.92 Å². The standard InChI is InChI=1S/C47H47ClF10N8O9S2/c1-21-22(2)46(54,55)39-34(21)38(47(56,57)58)62-64(39)19-33(67)61-32(15-23-13-25(49)18-26(50)14-23)36-29(8-7-27(59-36)11-12-44(3,4)76(5,72)73)30-9-10-31(48)35-37(30)65(20-45(51,52)53)63-40(35)66(77(6,74)75)42(69)24-16-28(17-24)60-41(68)43(70)71/h7-10,13-14,18,21-22,24,28,32H,11-12,15-17,19-20H2,1-6H3,(H,60,68)(H,61,67)(H,70,71)/t21-,22+,24-,28-,32-/m0/s1. The fourth-order valence-corrected chi connectivity index (χ4v) is 11.0. The average molecular weight is 1160 g/mol. The minimum atomic E-state index is -5.27. The first-order valence-electron chi connectivity index (χ1n) is 23.1. The summed E-state index contributed by atoms with van der Waals surface area (Å²) in [5, 5.41) is 19.8. The zero-order valence-corrected chi connectivity index (χ0v) is 43.6. The van der Waals surface area contributed by atoms with Gasteiger partial charge in [0.15, 0.2) is 21.3 Å². The van der Waals surface area contributed by atoms with E-state index in [9.17, 15) is 71.1 Å². The monoisotopic (exact) mass is 1160 g/mol. The van der Waals surface area contributed by atoms with Gasteiger partial charge in [0, 0.05) is 52.6 Å². The van der Waals surface area contributed by atoms with E-state index in [0.29, 0.717) is 12.3 Å². The van der Waals surface area contributed by atoms with Crippen LogP contribution in [0.15, 0.2) is 42.5 Å². The van der Waals surface area contributed by atoms with Gasteiger partial charge in [-0.3, -0.25) is 28.7 Å². The van der Waals surface area contributed by atoms with E-state index in [1.165, 1.54) is 26.0 Å². The van der Waals surface area contributed by atoms with Crippen LogP contribution < -0.4 is 14.9 Å². The number of anilines is 1. The predicted molar refractivity (Wildman–Crippen MR) is 256 cm³/mol. The number of hydrogen-bond acceptors (Lipinski definition) is 11. The van der Waals surface area contributed by atoms with E-state index >= 15 is 8.78 Å². The number of sulfonamides is 1. The number of carboxylic acids is 1. The molecule has 418 valence electrons. The van der Waals surface area contributed by atoms with Gasteiger partial charge in [-0.05, 0) is 81.7 Å². The van der Waals surface area contributed by atoms with Gasteiger partial charge in [-0.2, -0.15) is 49.6 Å². The van der Waals surface area contributed by atoms with Gasteiger partial charge in [0.1, 0.15) is 30.4 Å². The third kappa shape index (κ3) is 11.9. The summed E-state index contributed by atoms with van der Waals surface area (Å²) in [5.74, 6) is -17.5. The molecule has 2 aromatic carbocycles. The molecule has 1 fully saturated rings. The summed E-state index contributed by atoms with van der Waals surface area (Å²) in [5.41, 5.74) is -5.66. The van der Waals surface area contributed by atoms with Gasteiger partial charge in [0.05, 0.1) is 38.7 Å². The van der Waals surface area contributed by atoms with Crippen molar-refractivity contribution in [3.05, 3.63) is 93.0 Å². The van der Waals surface area contributed by atoms with Crippen LogP contribution in [-0.2, 0) is 77.1 Å². The maximum atomic E-state index is 15.8. The molecule has 3 atom stereocenters. The Balaban J connectivity index is 1.45. The lowest BCUT2D eigenvalue weighted by Crippen LogP contribution is -2.52. The van der Waals surface area contributed by atoms with Crippen molar-refractivity contribution in [3.8, 4) is 11.1 Å². The van der Waals surface area contributed by atoms with Crippen LogP contribution in [0.1, 0.15) is 92.8 Å². The van der Waals surface area contributed by atoms with Crippen molar-refractivity contribution in [2.75, 3.05) is 16.8 Å². The predicted octanol–water partition coefficient (Wildman–Crippen LogP) is 7.78. The number of nitrogens with one attached hydrogen (secondary N) is 2. The van der Waals surface area contributed by atoms with Crippen molar-refractivity contribution in [1.82, 2.24) is 35.2 Å². The average Bonchev–Trinajstić information content (AvgIpc) is 3.88. The summed E-state index contributed by atoms with van der Waals surface area (Å²) in [7, 11) is -8.63. The van der Waals surface area contributed by atoms with E-state index in [2.05, 4.69) is 20.8 Å². The maximum absolute atomic E-state index is 15.8. The van der Waals surface area contributed by atoms with Crippen LogP contribution in [-0.4, -0.2) is 99.7 Å². The number of hydrogen-bond donors (Lipinski definition) is 3. The van der Waals surface area contributed by atoms with Gasteiger partial charge < -0.3 is 15.7 Å². The van der Waals surface area contributed by atoms with Crippen LogP contribution in [0.4, 0.5) is 49.7 Å². The number of aromatic nitrogens is 5. The Morgan fingerprint density at radius 2 is 1.52 bits per heavy atom. The number of pyridine rings is 1. The Hall–Kier alpha value is -6.36. The molecule has 3 aromatic heterocycles.